The molecule has 1 amide bonds. The van der Waals surface area contributed by atoms with Gasteiger partial charge in [-0.15, -0.1) is 0 Å². The molecule has 6 rings (SSSR count). The zero-order valence-corrected chi connectivity index (χ0v) is 24.6. The van der Waals surface area contributed by atoms with Crippen LogP contribution >= 0.6 is 15.9 Å². The first-order valence-electron chi connectivity index (χ1n) is 13.5. The molecule has 1 atom stereocenters. The number of nitrogens with zero attached hydrogens (tertiary/aromatic N) is 1. The lowest BCUT2D eigenvalue weighted by Gasteiger charge is -2.28. The number of ether oxygens (including phenoxy) is 1. The molecule has 0 radical (unpaired) electrons. The van der Waals surface area contributed by atoms with Gasteiger partial charge < -0.3 is 14.5 Å². The van der Waals surface area contributed by atoms with Gasteiger partial charge in [0.25, 0.3) is 0 Å². The van der Waals surface area contributed by atoms with E-state index in [-0.39, 0.29) is 11.7 Å². The summed E-state index contributed by atoms with van der Waals surface area (Å²) in [4.78, 5) is 13.9. The maximum Gasteiger partial charge on any atom is 0.239 e. The van der Waals surface area contributed by atoms with Crippen molar-refractivity contribution in [2.75, 3.05) is 24.1 Å². The highest BCUT2D eigenvalue weighted by atomic mass is 79.9. The van der Waals surface area contributed by atoms with Crippen LogP contribution in [0.3, 0.4) is 0 Å². The summed E-state index contributed by atoms with van der Waals surface area (Å²) in [5, 5.41) is 3.27. The molecule has 1 unspecified atom stereocenters. The van der Waals surface area contributed by atoms with Crippen molar-refractivity contribution >= 4 is 37.5 Å². The van der Waals surface area contributed by atoms with E-state index in [0.717, 1.165) is 63.9 Å². The lowest BCUT2D eigenvalue weighted by Crippen LogP contribution is -2.38. The van der Waals surface area contributed by atoms with E-state index < -0.39 is 21.5 Å². The molecule has 39 heavy (non-hydrogen) atoms. The number of nitrogens with one attached hydrogen (secondary N) is 1. The van der Waals surface area contributed by atoms with Crippen LogP contribution < -0.4 is 9.62 Å². The molecule has 0 spiro atoms. The van der Waals surface area contributed by atoms with Crippen LogP contribution in [0.5, 0.6) is 0 Å². The minimum Gasteiger partial charge on any atom is -0.464 e. The fourth-order valence-electron chi connectivity index (χ4n) is 5.86. The van der Waals surface area contributed by atoms with Crippen LogP contribution in [0.25, 0.3) is 0 Å². The predicted molar refractivity (Wildman–Crippen MR) is 153 cm³/mol. The van der Waals surface area contributed by atoms with Gasteiger partial charge in [0.15, 0.2) is 0 Å². The number of carbonyl (C=O) groups excluding carboxylic acids is 1. The van der Waals surface area contributed by atoms with Gasteiger partial charge in [-0.25, -0.2) is 8.42 Å². The topological polar surface area (TPSA) is 88.9 Å². The van der Waals surface area contributed by atoms with E-state index in [9.17, 15) is 13.2 Å². The summed E-state index contributed by atoms with van der Waals surface area (Å²) in [5.41, 5.74) is 3.75. The molecule has 0 bridgehead atoms. The molecule has 2 fully saturated rings. The number of amides is 1. The minimum atomic E-state index is -3.43. The highest BCUT2D eigenvalue weighted by molar-refractivity contribution is 9.10. The monoisotopic (exact) mass is 612 g/mol. The van der Waals surface area contributed by atoms with Gasteiger partial charge >= 0.3 is 0 Å². The molecule has 1 saturated carbocycles. The third kappa shape index (κ3) is 5.05. The fourth-order valence-corrected chi connectivity index (χ4v) is 8.28. The Kier molecular flexibility index (Phi) is 6.88. The Balaban J connectivity index is 1.27. The Morgan fingerprint density at radius 2 is 1.87 bits per heavy atom. The summed E-state index contributed by atoms with van der Waals surface area (Å²) in [5.74, 6) is 1.64. The van der Waals surface area contributed by atoms with Crippen LogP contribution in [0, 0.1) is 19.8 Å². The van der Waals surface area contributed by atoms with E-state index >= 15 is 0 Å². The number of furan rings is 1. The molecule has 206 valence electrons. The van der Waals surface area contributed by atoms with Gasteiger partial charge in [-0.1, -0.05) is 40.2 Å². The number of halogens is 1. The number of hydrogen-bond donors (Lipinski definition) is 1. The standard InChI is InChI=1S/C30H33BrN2O5S/c1-19-3-6-24(25(31)15-19)28(27-8-4-20(2)38-27)32-29(34)30(11-12-30)23-5-7-26-22(16-23)18-39(35,36)33(26)17-21-9-13-37-14-10-21/h3-8,15-16,21,28H,9-14,17-18H2,1-2H3,(H,32,34). The molecule has 2 aromatic carbocycles. The highest BCUT2D eigenvalue weighted by Crippen LogP contribution is 2.51. The Labute approximate surface area is 238 Å². The molecule has 7 nitrogen and oxygen atoms in total. The molecule has 3 aromatic rings. The lowest BCUT2D eigenvalue weighted by atomic mass is 9.91. The van der Waals surface area contributed by atoms with Crippen molar-refractivity contribution in [3.8, 4) is 0 Å². The number of benzene rings is 2. The molecular formula is C30H33BrN2O5S. The van der Waals surface area contributed by atoms with Crippen molar-refractivity contribution < 1.29 is 22.4 Å². The maximum absolute atomic E-state index is 13.9. The SMILES string of the molecule is Cc1ccc(C(NC(=O)C2(c3ccc4c(c3)CS(=O)(=O)N4CC3CCOCC3)CC2)c2ccc(C)o2)c(Br)c1. The molecule has 3 aliphatic rings. The average Bonchev–Trinajstić information content (AvgIpc) is 3.54. The van der Waals surface area contributed by atoms with E-state index in [0.29, 0.717) is 31.4 Å². The smallest absolute Gasteiger partial charge is 0.239 e. The molecule has 1 N–H and O–H groups in total. The predicted octanol–water partition coefficient (Wildman–Crippen LogP) is 5.67. The van der Waals surface area contributed by atoms with Crippen molar-refractivity contribution in [3.05, 3.63) is 86.8 Å². The first-order chi connectivity index (χ1) is 18.7. The van der Waals surface area contributed by atoms with Crippen LogP contribution in [-0.2, 0) is 30.7 Å². The highest BCUT2D eigenvalue weighted by Gasteiger charge is 2.52. The Morgan fingerprint density at radius 1 is 1.10 bits per heavy atom. The number of fused-ring (bicyclic) bond motifs is 1. The van der Waals surface area contributed by atoms with E-state index in [2.05, 4.69) is 21.2 Å². The Morgan fingerprint density at radius 3 is 2.54 bits per heavy atom. The largest absolute Gasteiger partial charge is 0.464 e. The summed E-state index contributed by atoms with van der Waals surface area (Å²) in [7, 11) is -3.43. The molecule has 2 aliphatic heterocycles. The number of anilines is 1. The first kappa shape index (κ1) is 26.6. The van der Waals surface area contributed by atoms with Crippen molar-refractivity contribution in [2.24, 2.45) is 5.92 Å². The summed E-state index contributed by atoms with van der Waals surface area (Å²) < 4.78 is 40.1. The van der Waals surface area contributed by atoms with Gasteiger partial charge in [-0.2, -0.15) is 0 Å². The van der Waals surface area contributed by atoms with E-state index in [1.165, 1.54) is 0 Å². The molecule has 1 saturated heterocycles. The minimum absolute atomic E-state index is 0.0261. The molecule has 1 aliphatic carbocycles. The summed E-state index contributed by atoms with van der Waals surface area (Å²) in [6.45, 7) is 5.76. The number of rotatable bonds is 7. The van der Waals surface area contributed by atoms with Gasteiger partial charge in [0.05, 0.1) is 16.9 Å². The number of hydrogen-bond acceptors (Lipinski definition) is 5. The Hall–Kier alpha value is -2.62. The summed E-state index contributed by atoms with van der Waals surface area (Å²) >= 11 is 3.68. The third-order valence-electron chi connectivity index (χ3n) is 8.31. The summed E-state index contributed by atoms with van der Waals surface area (Å²) in [6, 6.07) is 15.2. The van der Waals surface area contributed by atoms with Gasteiger partial charge in [0.2, 0.25) is 15.9 Å². The van der Waals surface area contributed by atoms with E-state index in [1.807, 2.05) is 62.4 Å². The van der Waals surface area contributed by atoms with Gasteiger partial charge in [-0.3, -0.25) is 9.10 Å². The second kappa shape index (κ2) is 10.1. The van der Waals surface area contributed by atoms with Crippen molar-refractivity contribution in [3.63, 3.8) is 0 Å². The van der Waals surface area contributed by atoms with E-state index in [1.54, 1.807) is 4.31 Å². The summed E-state index contributed by atoms with van der Waals surface area (Å²) in [6.07, 6.45) is 3.18. The molecule has 3 heterocycles. The van der Waals surface area contributed by atoms with Gasteiger partial charge in [-0.05, 0) is 92.0 Å². The zero-order valence-electron chi connectivity index (χ0n) is 22.2. The number of sulfonamides is 1. The average molecular weight is 614 g/mol. The molecule has 1 aromatic heterocycles. The van der Waals surface area contributed by atoms with Crippen LogP contribution in [0.15, 0.2) is 57.4 Å². The van der Waals surface area contributed by atoms with E-state index in [4.69, 9.17) is 9.15 Å². The zero-order chi connectivity index (χ0) is 27.4. The van der Waals surface area contributed by atoms with Gasteiger partial charge in [0.1, 0.15) is 17.6 Å². The van der Waals surface area contributed by atoms with Gasteiger partial charge in [0, 0.05) is 24.2 Å². The van der Waals surface area contributed by atoms with Crippen molar-refractivity contribution in [2.45, 2.75) is 56.7 Å². The van der Waals surface area contributed by atoms with Crippen molar-refractivity contribution in [1.82, 2.24) is 5.32 Å². The number of carbonyl (C=O) groups is 1. The van der Waals surface area contributed by atoms with Crippen molar-refractivity contribution in [1.29, 1.82) is 0 Å². The first-order valence-corrected chi connectivity index (χ1v) is 15.9. The van der Waals surface area contributed by atoms with Crippen LogP contribution in [-0.4, -0.2) is 34.1 Å². The fraction of sp³-hybridized carbons (Fsp3) is 0.433. The van der Waals surface area contributed by atoms with Crippen LogP contribution in [0.2, 0.25) is 0 Å². The molecule has 9 heteroatoms. The quantitative estimate of drug-likeness (QED) is 0.371. The molecular weight excluding hydrogens is 580 g/mol. The maximum atomic E-state index is 13.9. The van der Waals surface area contributed by atoms with Crippen LogP contribution in [0.1, 0.15) is 65.5 Å². The normalized spacial score (nSPS) is 20.4. The lowest BCUT2D eigenvalue weighted by molar-refractivity contribution is -0.124. The second-order valence-electron chi connectivity index (χ2n) is 11.1. The van der Waals surface area contributed by atoms with Crippen LogP contribution in [0.4, 0.5) is 5.69 Å². The third-order valence-corrected chi connectivity index (χ3v) is 10.7. The number of aryl methyl sites for hydroxylation is 2. The second-order valence-corrected chi connectivity index (χ2v) is 13.9. The Bertz CT molecular complexity index is 1520.